The van der Waals surface area contributed by atoms with Gasteiger partial charge in [0.15, 0.2) is 0 Å². The maximum absolute atomic E-state index is 12.8. The first-order chi connectivity index (χ1) is 13.9. The van der Waals surface area contributed by atoms with E-state index in [1.54, 1.807) is 0 Å². The van der Waals surface area contributed by atoms with Gasteiger partial charge in [0.25, 0.3) is 0 Å². The zero-order valence-corrected chi connectivity index (χ0v) is 16.9. The Labute approximate surface area is 170 Å². The van der Waals surface area contributed by atoms with Crippen molar-refractivity contribution in [2.45, 2.75) is 45.2 Å². The molecule has 8 nitrogen and oxygen atoms in total. The van der Waals surface area contributed by atoms with Crippen molar-refractivity contribution in [1.82, 2.24) is 16.0 Å². The summed E-state index contributed by atoms with van der Waals surface area (Å²) in [4.78, 5) is 48.1. The van der Waals surface area contributed by atoms with Gasteiger partial charge < -0.3 is 25.5 Å². The average molecular weight is 403 g/mol. The highest BCUT2D eigenvalue weighted by Crippen LogP contribution is 2.15. The number of nitrogens with one attached hydrogen (secondary N) is 3. The van der Waals surface area contributed by atoms with E-state index in [1.165, 1.54) is 0 Å². The van der Waals surface area contributed by atoms with E-state index in [1.807, 2.05) is 44.2 Å². The number of hydrogen-bond donors (Lipinski definition) is 3. The molecule has 1 aromatic carbocycles. The summed E-state index contributed by atoms with van der Waals surface area (Å²) in [7, 11) is 0. The van der Waals surface area contributed by atoms with Crippen LogP contribution >= 0.6 is 0 Å². The molecular weight excluding hydrogens is 374 g/mol. The minimum Gasteiger partial charge on any atom is -0.449 e. The summed E-state index contributed by atoms with van der Waals surface area (Å²) in [6, 6.07) is 7.53. The Hall–Kier alpha value is -2.90. The van der Waals surface area contributed by atoms with Crippen molar-refractivity contribution in [2.24, 2.45) is 11.8 Å². The summed E-state index contributed by atoms with van der Waals surface area (Å²) in [6.07, 6.45) is 1.05. The van der Waals surface area contributed by atoms with Crippen LogP contribution < -0.4 is 16.0 Å². The lowest BCUT2D eigenvalue weighted by Crippen LogP contribution is -2.51. The summed E-state index contributed by atoms with van der Waals surface area (Å²) < 4.78 is 5.12. The molecule has 3 atom stereocenters. The number of carbonyl (C=O) groups is 4. The molecule has 0 aliphatic carbocycles. The van der Waals surface area contributed by atoms with E-state index in [0.717, 1.165) is 5.56 Å². The van der Waals surface area contributed by atoms with Crippen molar-refractivity contribution in [1.29, 1.82) is 0 Å². The number of rotatable bonds is 10. The summed E-state index contributed by atoms with van der Waals surface area (Å²) in [6.45, 7) is 4.63. The summed E-state index contributed by atoms with van der Waals surface area (Å²) >= 11 is 0. The monoisotopic (exact) mass is 403 g/mol. The minimum atomic E-state index is -0.906. The van der Waals surface area contributed by atoms with Gasteiger partial charge in [0.05, 0.1) is 12.6 Å². The summed E-state index contributed by atoms with van der Waals surface area (Å²) in [5.74, 6) is -0.741. The topological polar surface area (TPSA) is 114 Å². The van der Waals surface area contributed by atoms with Crippen LogP contribution in [0.3, 0.4) is 0 Å². The Morgan fingerprint density at radius 2 is 1.97 bits per heavy atom. The third-order valence-electron chi connectivity index (χ3n) is 4.63. The Kier molecular flexibility index (Phi) is 8.64. The molecule has 2 rings (SSSR count). The molecule has 29 heavy (non-hydrogen) atoms. The quantitative estimate of drug-likeness (QED) is 0.508. The lowest BCUT2D eigenvalue weighted by Gasteiger charge is -2.22. The molecule has 1 aliphatic heterocycles. The number of hydrogen-bond acceptors (Lipinski definition) is 5. The van der Waals surface area contributed by atoms with E-state index < -0.39 is 24.1 Å². The third-order valence-corrected chi connectivity index (χ3v) is 4.63. The first kappa shape index (κ1) is 22.4. The zero-order chi connectivity index (χ0) is 21.2. The molecule has 158 valence electrons. The molecule has 3 unspecified atom stereocenters. The van der Waals surface area contributed by atoms with Gasteiger partial charge in [-0.25, -0.2) is 4.79 Å². The summed E-state index contributed by atoms with van der Waals surface area (Å²) in [5, 5.41) is 7.95. The van der Waals surface area contributed by atoms with Crippen molar-refractivity contribution in [2.75, 3.05) is 13.2 Å². The number of amides is 3. The van der Waals surface area contributed by atoms with Crippen LogP contribution in [0.4, 0.5) is 4.79 Å². The van der Waals surface area contributed by atoms with Gasteiger partial charge in [0.1, 0.15) is 12.3 Å². The lowest BCUT2D eigenvalue weighted by molar-refractivity contribution is -0.127. The van der Waals surface area contributed by atoms with Crippen LogP contribution in [-0.4, -0.2) is 49.4 Å². The lowest BCUT2D eigenvalue weighted by atomic mass is 9.98. The largest absolute Gasteiger partial charge is 0.449 e. The summed E-state index contributed by atoms with van der Waals surface area (Å²) in [5.41, 5.74) is 0.856. The predicted octanol–water partition coefficient (Wildman–Crippen LogP) is 1.19. The van der Waals surface area contributed by atoms with Crippen LogP contribution in [0, 0.1) is 11.8 Å². The second kappa shape index (κ2) is 11.2. The standard InChI is InChI=1S/C21H29N3O5/c1-14(2)13-29-21(28)24-18(10-15-6-4-3-5-7-15)20(27)23-17(12-25)11-16-8-9-22-19(16)26/h3-7,12,14,16-18H,8-11,13H2,1-2H3,(H,22,26)(H,23,27)(H,24,28). The first-order valence-electron chi connectivity index (χ1n) is 9.89. The second-order valence-electron chi connectivity index (χ2n) is 7.64. The molecule has 0 saturated carbocycles. The molecule has 0 aromatic heterocycles. The molecule has 8 heteroatoms. The Bertz CT molecular complexity index is 708. The molecule has 1 fully saturated rings. The van der Waals surface area contributed by atoms with Gasteiger partial charge in [0.2, 0.25) is 11.8 Å². The number of aldehydes is 1. The highest BCUT2D eigenvalue weighted by atomic mass is 16.5. The van der Waals surface area contributed by atoms with Gasteiger partial charge >= 0.3 is 6.09 Å². The fourth-order valence-corrected chi connectivity index (χ4v) is 3.09. The zero-order valence-electron chi connectivity index (χ0n) is 16.9. The molecule has 1 aromatic rings. The number of alkyl carbamates (subject to hydrolysis) is 1. The Morgan fingerprint density at radius 3 is 2.55 bits per heavy atom. The first-order valence-corrected chi connectivity index (χ1v) is 9.89. The van der Waals surface area contributed by atoms with E-state index in [-0.39, 0.29) is 37.2 Å². The van der Waals surface area contributed by atoms with E-state index in [4.69, 9.17) is 4.74 Å². The smallest absolute Gasteiger partial charge is 0.407 e. The number of ether oxygens (including phenoxy) is 1. The second-order valence-corrected chi connectivity index (χ2v) is 7.64. The van der Waals surface area contributed by atoms with Crippen LogP contribution in [0.5, 0.6) is 0 Å². The molecule has 0 radical (unpaired) electrons. The molecule has 0 bridgehead atoms. The maximum Gasteiger partial charge on any atom is 0.407 e. The molecule has 3 N–H and O–H groups in total. The average Bonchev–Trinajstić information content (AvgIpc) is 3.10. The molecule has 0 spiro atoms. The maximum atomic E-state index is 12.8. The van der Waals surface area contributed by atoms with Crippen molar-refractivity contribution < 1.29 is 23.9 Å². The molecule has 1 saturated heterocycles. The van der Waals surface area contributed by atoms with Crippen molar-refractivity contribution in [3.8, 4) is 0 Å². The van der Waals surface area contributed by atoms with Crippen LogP contribution in [0.25, 0.3) is 0 Å². The molecular formula is C21H29N3O5. The predicted molar refractivity (Wildman–Crippen MR) is 107 cm³/mol. The van der Waals surface area contributed by atoms with E-state index in [2.05, 4.69) is 16.0 Å². The van der Waals surface area contributed by atoms with Crippen molar-refractivity contribution >= 4 is 24.2 Å². The van der Waals surface area contributed by atoms with Gasteiger partial charge in [-0.05, 0) is 24.3 Å². The Morgan fingerprint density at radius 1 is 1.24 bits per heavy atom. The van der Waals surface area contributed by atoms with E-state index in [9.17, 15) is 19.2 Å². The van der Waals surface area contributed by atoms with Crippen molar-refractivity contribution in [3.63, 3.8) is 0 Å². The van der Waals surface area contributed by atoms with Crippen molar-refractivity contribution in [3.05, 3.63) is 35.9 Å². The van der Waals surface area contributed by atoms with Gasteiger partial charge in [0, 0.05) is 18.9 Å². The van der Waals surface area contributed by atoms with Gasteiger partial charge in [-0.3, -0.25) is 9.59 Å². The van der Waals surface area contributed by atoms with Crippen LogP contribution in [0.15, 0.2) is 30.3 Å². The third kappa shape index (κ3) is 7.56. The number of carbonyl (C=O) groups excluding carboxylic acids is 4. The molecule has 3 amide bonds. The number of benzene rings is 1. The highest BCUT2D eigenvalue weighted by Gasteiger charge is 2.30. The van der Waals surface area contributed by atoms with Crippen LogP contribution in [0.1, 0.15) is 32.3 Å². The van der Waals surface area contributed by atoms with E-state index in [0.29, 0.717) is 19.3 Å². The van der Waals surface area contributed by atoms with E-state index >= 15 is 0 Å². The fraction of sp³-hybridized carbons (Fsp3) is 0.524. The van der Waals surface area contributed by atoms with Gasteiger partial charge in [-0.1, -0.05) is 44.2 Å². The van der Waals surface area contributed by atoms with Gasteiger partial charge in [-0.2, -0.15) is 0 Å². The Balaban J connectivity index is 2.02. The van der Waals surface area contributed by atoms with Gasteiger partial charge in [-0.15, -0.1) is 0 Å². The minimum absolute atomic E-state index is 0.109. The fourth-order valence-electron chi connectivity index (χ4n) is 3.09. The SMILES string of the molecule is CC(C)COC(=O)NC(Cc1ccccc1)C(=O)NC(C=O)CC1CCNC1=O. The van der Waals surface area contributed by atoms with Crippen LogP contribution in [-0.2, 0) is 25.5 Å². The van der Waals surface area contributed by atoms with Crippen LogP contribution in [0.2, 0.25) is 0 Å². The normalized spacial score (nSPS) is 17.9. The molecule has 1 heterocycles. The molecule has 1 aliphatic rings. The highest BCUT2D eigenvalue weighted by molar-refractivity contribution is 5.88.